The summed E-state index contributed by atoms with van der Waals surface area (Å²) in [6.45, 7) is 10.2. The molecule has 178 valence electrons. The van der Waals surface area contributed by atoms with E-state index < -0.39 is 17.1 Å². The Bertz CT molecular complexity index is 648. The summed E-state index contributed by atoms with van der Waals surface area (Å²) >= 11 is 0. The molecule has 2 saturated heterocycles. The van der Waals surface area contributed by atoms with Gasteiger partial charge in [-0.3, -0.25) is 14.9 Å². The first-order valence-electron chi connectivity index (χ1n) is 12.4. The van der Waals surface area contributed by atoms with Crippen LogP contribution in [0.5, 0.6) is 0 Å². The Morgan fingerprint density at radius 2 is 1.52 bits per heavy atom. The monoisotopic (exact) mass is 435 g/mol. The molecule has 0 aromatic carbocycles. The van der Waals surface area contributed by atoms with Crippen molar-refractivity contribution in [1.82, 2.24) is 16.0 Å². The summed E-state index contributed by atoms with van der Waals surface area (Å²) in [7, 11) is 0. The first kappa shape index (κ1) is 25.8. The van der Waals surface area contributed by atoms with E-state index in [4.69, 9.17) is 0 Å². The Morgan fingerprint density at radius 3 is 2.03 bits per heavy atom. The molecule has 2 fully saturated rings. The average Bonchev–Trinajstić information content (AvgIpc) is 2.89. The molecule has 0 aromatic rings. The third-order valence-electron chi connectivity index (χ3n) is 7.02. The highest BCUT2D eigenvalue weighted by Crippen LogP contribution is 2.41. The predicted molar refractivity (Wildman–Crippen MR) is 125 cm³/mol. The summed E-state index contributed by atoms with van der Waals surface area (Å²) < 4.78 is 0. The number of Topliss-reactive ketones (excluding diaryl/α,β-unsaturated/α-hetero) is 1. The summed E-state index contributed by atoms with van der Waals surface area (Å²) in [4.78, 5) is 36.9. The maximum Gasteiger partial charge on any atom is 0.322 e. The van der Waals surface area contributed by atoms with Crippen LogP contribution in [0.2, 0.25) is 0 Å². The highest BCUT2D eigenvalue weighted by Gasteiger charge is 2.57. The number of unbranched alkanes of at least 4 members (excludes halogenated alkanes) is 8. The van der Waals surface area contributed by atoms with Crippen LogP contribution in [-0.2, 0) is 9.59 Å². The second kappa shape index (κ2) is 10.9. The molecule has 3 amide bonds. The van der Waals surface area contributed by atoms with Crippen molar-refractivity contribution in [3.05, 3.63) is 0 Å². The molecule has 3 unspecified atom stereocenters. The molecule has 2 aliphatic rings. The molecule has 0 bridgehead atoms. The molecule has 0 radical (unpaired) electrons. The van der Waals surface area contributed by atoms with E-state index in [1.54, 1.807) is 6.92 Å². The third-order valence-corrected chi connectivity index (χ3v) is 7.02. The Hall–Kier alpha value is -1.43. The standard InChI is InChI=1S/C25H45N3O3/c1-6-7-8-9-10-11-12-13-14-15-20(19(2)29)16-24(5)18-25(17-23(3,4)28-24)21(30)26-22(31)27-25/h20,28H,6-18H2,1-5H3,(H2,26,27,30,31). The fourth-order valence-corrected chi connectivity index (χ4v) is 5.98. The normalized spacial score (nSPS) is 28.4. The number of hydrogen-bond donors (Lipinski definition) is 3. The largest absolute Gasteiger partial charge is 0.323 e. The van der Waals surface area contributed by atoms with E-state index in [1.807, 2.05) is 0 Å². The summed E-state index contributed by atoms with van der Waals surface area (Å²) in [5.41, 5.74) is -1.60. The molecule has 0 aromatic heterocycles. The van der Waals surface area contributed by atoms with Crippen molar-refractivity contribution in [1.29, 1.82) is 0 Å². The smallest absolute Gasteiger partial charge is 0.322 e. The van der Waals surface area contributed by atoms with Gasteiger partial charge in [0.2, 0.25) is 0 Å². The first-order chi connectivity index (χ1) is 14.5. The van der Waals surface area contributed by atoms with Gasteiger partial charge >= 0.3 is 6.03 Å². The minimum atomic E-state index is -0.889. The lowest BCUT2D eigenvalue weighted by molar-refractivity contribution is -0.128. The molecule has 1 spiro atoms. The van der Waals surface area contributed by atoms with Gasteiger partial charge in [-0.2, -0.15) is 0 Å². The Kier molecular flexibility index (Phi) is 9.11. The second-order valence-corrected chi connectivity index (χ2v) is 11.0. The summed E-state index contributed by atoms with van der Waals surface area (Å²) in [6.07, 6.45) is 14.1. The van der Waals surface area contributed by atoms with Gasteiger partial charge in [0.05, 0.1) is 0 Å². The maximum atomic E-state index is 12.6. The number of rotatable bonds is 13. The van der Waals surface area contributed by atoms with Gasteiger partial charge in [0, 0.05) is 17.0 Å². The van der Waals surface area contributed by atoms with Crippen LogP contribution >= 0.6 is 0 Å². The number of urea groups is 1. The minimum absolute atomic E-state index is 0.0202. The van der Waals surface area contributed by atoms with Crippen molar-refractivity contribution in [2.24, 2.45) is 5.92 Å². The number of carbonyl (C=O) groups excluding carboxylic acids is 3. The molecule has 3 N–H and O–H groups in total. The Labute approximate surface area is 189 Å². The van der Waals surface area contributed by atoms with Crippen LogP contribution in [0, 0.1) is 5.92 Å². The molecule has 31 heavy (non-hydrogen) atoms. The molecule has 6 heteroatoms. The molecule has 0 aliphatic carbocycles. The van der Waals surface area contributed by atoms with E-state index in [1.165, 1.54) is 51.4 Å². The molecular formula is C25H45N3O3. The quantitative estimate of drug-likeness (QED) is 0.281. The van der Waals surface area contributed by atoms with Crippen molar-refractivity contribution in [2.75, 3.05) is 0 Å². The number of imide groups is 1. The zero-order chi connectivity index (χ0) is 23.1. The van der Waals surface area contributed by atoms with Gasteiger partial charge < -0.3 is 10.6 Å². The number of nitrogens with one attached hydrogen (secondary N) is 3. The van der Waals surface area contributed by atoms with Crippen LogP contribution in [0.3, 0.4) is 0 Å². The molecule has 2 aliphatic heterocycles. The highest BCUT2D eigenvalue weighted by molar-refractivity contribution is 6.07. The fourth-order valence-electron chi connectivity index (χ4n) is 5.98. The van der Waals surface area contributed by atoms with Crippen LogP contribution in [0.4, 0.5) is 4.79 Å². The van der Waals surface area contributed by atoms with Gasteiger partial charge in [-0.05, 0) is 53.4 Å². The van der Waals surface area contributed by atoms with E-state index in [2.05, 4.69) is 43.6 Å². The van der Waals surface area contributed by atoms with Crippen molar-refractivity contribution in [3.63, 3.8) is 0 Å². The predicted octanol–water partition coefficient (Wildman–Crippen LogP) is 5.00. The first-order valence-corrected chi connectivity index (χ1v) is 12.4. The summed E-state index contributed by atoms with van der Waals surface area (Å²) in [5.74, 6) is -0.0373. The highest BCUT2D eigenvalue weighted by atomic mass is 16.2. The van der Waals surface area contributed by atoms with E-state index in [0.29, 0.717) is 19.3 Å². The summed E-state index contributed by atoms with van der Waals surface area (Å²) in [6, 6.07) is -0.414. The molecule has 3 atom stereocenters. The number of piperidine rings is 1. The molecular weight excluding hydrogens is 390 g/mol. The molecule has 0 saturated carbocycles. The van der Waals surface area contributed by atoms with Crippen molar-refractivity contribution in [3.8, 4) is 0 Å². The van der Waals surface area contributed by atoms with E-state index in [9.17, 15) is 14.4 Å². The zero-order valence-electron chi connectivity index (χ0n) is 20.5. The van der Waals surface area contributed by atoms with Gasteiger partial charge in [-0.1, -0.05) is 64.7 Å². The third kappa shape index (κ3) is 7.58. The van der Waals surface area contributed by atoms with Gasteiger partial charge in [-0.15, -0.1) is 0 Å². The van der Waals surface area contributed by atoms with E-state index in [0.717, 1.165) is 12.8 Å². The molecule has 2 heterocycles. The van der Waals surface area contributed by atoms with E-state index in [-0.39, 0.29) is 23.1 Å². The van der Waals surface area contributed by atoms with Gasteiger partial charge in [0.15, 0.2) is 0 Å². The maximum absolute atomic E-state index is 12.6. The summed E-state index contributed by atoms with van der Waals surface area (Å²) in [5, 5.41) is 9.00. The lowest BCUT2D eigenvalue weighted by atomic mass is 9.67. The lowest BCUT2D eigenvalue weighted by Gasteiger charge is -2.52. The minimum Gasteiger partial charge on any atom is -0.323 e. The van der Waals surface area contributed by atoms with Gasteiger partial charge in [0.1, 0.15) is 11.3 Å². The van der Waals surface area contributed by atoms with Crippen LogP contribution in [0.15, 0.2) is 0 Å². The van der Waals surface area contributed by atoms with Crippen molar-refractivity contribution in [2.45, 2.75) is 135 Å². The number of carbonyl (C=O) groups is 3. The second-order valence-electron chi connectivity index (χ2n) is 11.0. The number of hydrogen-bond acceptors (Lipinski definition) is 4. The van der Waals surface area contributed by atoms with Crippen LogP contribution in [-0.4, -0.2) is 34.3 Å². The zero-order valence-corrected chi connectivity index (χ0v) is 20.5. The van der Waals surface area contributed by atoms with Crippen molar-refractivity contribution < 1.29 is 14.4 Å². The molecule has 6 nitrogen and oxygen atoms in total. The van der Waals surface area contributed by atoms with Crippen LogP contribution in [0.1, 0.15) is 118 Å². The fraction of sp³-hybridized carbons (Fsp3) is 0.880. The Balaban J connectivity index is 1.88. The SMILES string of the molecule is CCCCCCCCCCCC(CC1(C)CC2(CC(C)(C)N1)NC(=O)NC2=O)C(C)=O. The average molecular weight is 436 g/mol. The topological polar surface area (TPSA) is 87.3 Å². The van der Waals surface area contributed by atoms with Gasteiger partial charge in [0.25, 0.3) is 5.91 Å². The van der Waals surface area contributed by atoms with Crippen molar-refractivity contribution >= 4 is 17.7 Å². The van der Waals surface area contributed by atoms with E-state index >= 15 is 0 Å². The number of ketones is 1. The molecule has 2 rings (SSSR count). The van der Waals surface area contributed by atoms with Crippen LogP contribution < -0.4 is 16.0 Å². The Morgan fingerprint density at radius 1 is 0.935 bits per heavy atom. The number of amides is 3. The van der Waals surface area contributed by atoms with Crippen LogP contribution in [0.25, 0.3) is 0 Å². The van der Waals surface area contributed by atoms with Gasteiger partial charge in [-0.25, -0.2) is 4.79 Å². The lowest BCUT2D eigenvalue weighted by Crippen LogP contribution is -2.69.